The highest BCUT2D eigenvalue weighted by atomic mass is 14.4. The lowest BCUT2D eigenvalue weighted by atomic mass is 9.98. The molecular weight excluding hydrogens is 194 g/mol. The number of rotatable bonds is 4. The van der Waals surface area contributed by atoms with Crippen LogP contribution in [0, 0.1) is 5.92 Å². The van der Waals surface area contributed by atoms with E-state index in [1.807, 2.05) is 12.2 Å². The molecule has 0 aromatic heterocycles. The van der Waals surface area contributed by atoms with E-state index < -0.39 is 0 Å². The minimum Gasteiger partial charge on any atom is -0.333 e. The summed E-state index contributed by atoms with van der Waals surface area (Å²) >= 11 is 0. The Bertz CT molecular complexity index is 343. The van der Waals surface area contributed by atoms with Gasteiger partial charge in [-0.2, -0.15) is 0 Å². The van der Waals surface area contributed by atoms with E-state index in [0.717, 1.165) is 12.0 Å². The molecule has 0 unspecified atom stereocenters. The number of nitrogens with two attached hydrogens (primary N) is 1. The molecule has 0 saturated carbocycles. The first-order valence-corrected chi connectivity index (χ1v) is 5.63. The molecule has 0 atom stereocenters. The Morgan fingerprint density at radius 2 is 1.75 bits per heavy atom. The Kier molecular flexibility index (Phi) is 7.23. The maximum atomic E-state index is 4.50. The van der Waals surface area contributed by atoms with Gasteiger partial charge in [0.05, 0.1) is 0 Å². The number of benzene rings is 1. The molecule has 1 nitrogen and oxygen atoms in total. The molecule has 0 fully saturated rings. The molecule has 90 valence electrons. The standard InChI is InChI=1S/C14H18.CH5N.H2/c1-5-13-8-7-12(9-11(3)4)10-14(13)6-2;1-2;/h5-8,10-11H,1-2,9H2,3-4H3;2H2,1H3;1H. The van der Waals surface area contributed by atoms with Crippen molar-refractivity contribution in [3.05, 3.63) is 48.0 Å². The smallest absolute Gasteiger partial charge is 0 e. The Balaban J connectivity index is 0. The first-order chi connectivity index (χ1) is 7.67. The SMILES string of the molecule is C=Cc1ccc(CC(C)C)cc1C=C.CN.[HH]. The summed E-state index contributed by atoms with van der Waals surface area (Å²) in [5.74, 6) is 0.697. The summed E-state index contributed by atoms with van der Waals surface area (Å²) in [6.45, 7) is 12.1. The normalized spacial score (nSPS) is 9.31. The van der Waals surface area contributed by atoms with Gasteiger partial charge in [0.2, 0.25) is 0 Å². The van der Waals surface area contributed by atoms with Crippen LogP contribution in [-0.4, -0.2) is 7.05 Å². The van der Waals surface area contributed by atoms with Crippen molar-refractivity contribution in [3.8, 4) is 0 Å². The predicted molar refractivity (Wildman–Crippen MR) is 77.4 cm³/mol. The van der Waals surface area contributed by atoms with Gasteiger partial charge in [-0.25, -0.2) is 0 Å². The van der Waals surface area contributed by atoms with Gasteiger partial charge in [-0.15, -0.1) is 0 Å². The van der Waals surface area contributed by atoms with Gasteiger partial charge in [0, 0.05) is 1.43 Å². The van der Waals surface area contributed by atoms with Crippen LogP contribution < -0.4 is 5.73 Å². The maximum Gasteiger partial charge on any atom is 0 e. The van der Waals surface area contributed by atoms with E-state index in [0.29, 0.717) is 5.92 Å². The van der Waals surface area contributed by atoms with Crippen LogP contribution >= 0.6 is 0 Å². The van der Waals surface area contributed by atoms with Gasteiger partial charge in [-0.3, -0.25) is 0 Å². The van der Waals surface area contributed by atoms with Gasteiger partial charge in [-0.1, -0.05) is 57.4 Å². The second kappa shape index (κ2) is 7.89. The largest absolute Gasteiger partial charge is 0.333 e. The van der Waals surface area contributed by atoms with Crippen LogP contribution in [0.1, 0.15) is 32.0 Å². The van der Waals surface area contributed by atoms with Crippen LogP contribution in [0.4, 0.5) is 0 Å². The van der Waals surface area contributed by atoms with Crippen LogP contribution in [0.2, 0.25) is 0 Å². The fraction of sp³-hybridized carbons (Fsp3) is 0.333. The van der Waals surface area contributed by atoms with Crippen molar-refractivity contribution in [1.29, 1.82) is 0 Å². The van der Waals surface area contributed by atoms with Gasteiger partial charge in [-0.05, 0) is 36.1 Å². The molecule has 0 saturated heterocycles. The summed E-state index contributed by atoms with van der Waals surface area (Å²) < 4.78 is 0. The molecule has 1 rings (SSSR count). The Morgan fingerprint density at radius 1 is 1.19 bits per heavy atom. The third-order valence-corrected chi connectivity index (χ3v) is 2.23. The van der Waals surface area contributed by atoms with Crippen molar-refractivity contribution in [2.75, 3.05) is 7.05 Å². The third kappa shape index (κ3) is 4.45. The van der Waals surface area contributed by atoms with Gasteiger partial charge >= 0.3 is 0 Å². The van der Waals surface area contributed by atoms with Gasteiger partial charge < -0.3 is 5.73 Å². The summed E-state index contributed by atoms with van der Waals surface area (Å²) in [6, 6.07) is 6.48. The molecule has 0 aliphatic heterocycles. The van der Waals surface area contributed by atoms with E-state index in [2.05, 4.69) is 50.9 Å². The molecule has 0 aliphatic rings. The fourth-order valence-electron chi connectivity index (χ4n) is 1.59. The van der Waals surface area contributed by atoms with Crippen molar-refractivity contribution in [2.24, 2.45) is 11.7 Å². The average molecular weight is 219 g/mol. The molecule has 0 amide bonds. The monoisotopic (exact) mass is 219 g/mol. The van der Waals surface area contributed by atoms with E-state index in [9.17, 15) is 0 Å². The Labute approximate surface area is 101 Å². The number of hydrogen-bond acceptors (Lipinski definition) is 1. The number of hydrogen-bond donors (Lipinski definition) is 1. The molecule has 1 aromatic carbocycles. The summed E-state index contributed by atoms with van der Waals surface area (Å²) in [7, 11) is 1.50. The summed E-state index contributed by atoms with van der Waals surface area (Å²) in [5.41, 5.74) is 8.21. The topological polar surface area (TPSA) is 26.0 Å². The lowest BCUT2D eigenvalue weighted by molar-refractivity contribution is 0.647. The Hall–Kier alpha value is -1.34. The Morgan fingerprint density at radius 3 is 2.19 bits per heavy atom. The van der Waals surface area contributed by atoms with Gasteiger partial charge in [0.25, 0.3) is 0 Å². The predicted octanol–water partition coefficient (Wildman–Crippen LogP) is 3.99. The van der Waals surface area contributed by atoms with Crippen LogP contribution in [0.5, 0.6) is 0 Å². The molecule has 0 bridgehead atoms. The van der Waals surface area contributed by atoms with Crippen molar-refractivity contribution in [3.63, 3.8) is 0 Å². The van der Waals surface area contributed by atoms with E-state index in [-0.39, 0.29) is 1.43 Å². The molecule has 0 spiro atoms. The van der Waals surface area contributed by atoms with Crippen LogP contribution in [-0.2, 0) is 6.42 Å². The van der Waals surface area contributed by atoms with E-state index in [4.69, 9.17) is 0 Å². The quantitative estimate of drug-likeness (QED) is 0.814. The summed E-state index contributed by atoms with van der Waals surface area (Å²) in [5, 5.41) is 0. The second-order valence-corrected chi connectivity index (χ2v) is 3.97. The van der Waals surface area contributed by atoms with Crippen LogP contribution in [0.3, 0.4) is 0 Å². The molecule has 0 aliphatic carbocycles. The first kappa shape index (κ1) is 14.7. The van der Waals surface area contributed by atoms with E-state index in [1.165, 1.54) is 18.2 Å². The molecule has 0 radical (unpaired) electrons. The minimum atomic E-state index is 0. The molecule has 1 aromatic rings. The van der Waals surface area contributed by atoms with Crippen molar-refractivity contribution >= 4 is 12.2 Å². The van der Waals surface area contributed by atoms with Gasteiger partial charge in [0.1, 0.15) is 0 Å². The van der Waals surface area contributed by atoms with Crippen molar-refractivity contribution in [2.45, 2.75) is 20.3 Å². The highest BCUT2D eigenvalue weighted by Crippen LogP contribution is 2.16. The zero-order valence-electron chi connectivity index (χ0n) is 10.7. The highest BCUT2D eigenvalue weighted by molar-refractivity contribution is 5.64. The van der Waals surface area contributed by atoms with Crippen LogP contribution in [0.25, 0.3) is 12.2 Å². The summed E-state index contributed by atoms with van der Waals surface area (Å²) in [4.78, 5) is 0. The average Bonchev–Trinajstić information content (AvgIpc) is 2.30. The van der Waals surface area contributed by atoms with Crippen LogP contribution in [0.15, 0.2) is 31.4 Å². The zero-order chi connectivity index (χ0) is 12.6. The lowest BCUT2D eigenvalue weighted by Gasteiger charge is -2.07. The van der Waals surface area contributed by atoms with Crippen molar-refractivity contribution in [1.82, 2.24) is 0 Å². The fourth-order valence-corrected chi connectivity index (χ4v) is 1.59. The molecule has 2 N–H and O–H groups in total. The van der Waals surface area contributed by atoms with Crippen molar-refractivity contribution < 1.29 is 1.43 Å². The second-order valence-electron chi connectivity index (χ2n) is 3.97. The highest BCUT2D eigenvalue weighted by Gasteiger charge is 2.00. The first-order valence-electron chi connectivity index (χ1n) is 5.63. The minimum absolute atomic E-state index is 0. The summed E-state index contributed by atoms with van der Waals surface area (Å²) in [6.07, 6.45) is 4.88. The molecule has 16 heavy (non-hydrogen) atoms. The van der Waals surface area contributed by atoms with E-state index in [1.54, 1.807) is 0 Å². The molecule has 0 heterocycles. The molecular formula is C15H25N. The third-order valence-electron chi connectivity index (χ3n) is 2.23. The molecule has 1 heteroatoms. The zero-order valence-corrected chi connectivity index (χ0v) is 10.7. The maximum absolute atomic E-state index is 4.50. The van der Waals surface area contributed by atoms with Gasteiger partial charge in [0.15, 0.2) is 0 Å². The van der Waals surface area contributed by atoms with E-state index >= 15 is 0 Å². The lowest BCUT2D eigenvalue weighted by Crippen LogP contribution is -1.95.